The van der Waals surface area contributed by atoms with Crippen LogP contribution in [-0.2, 0) is 9.16 Å². The second-order valence-electron chi connectivity index (χ2n) is 5.35. The Morgan fingerprint density at radius 1 is 1.24 bits per heavy atom. The molecule has 1 aromatic carbocycles. The number of hydrogen-bond donors (Lipinski definition) is 0. The second-order valence-corrected chi connectivity index (χ2v) is 9.81. The highest BCUT2D eigenvalue weighted by atomic mass is 28.4. The molecule has 4 heteroatoms. The molecule has 1 aromatic rings. The van der Waals surface area contributed by atoms with E-state index >= 15 is 0 Å². The molecule has 0 aromatic heterocycles. The lowest BCUT2D eigenvalue weighted by atomic mass is 9.97. The van der Waals surface area contributed by atoms with Crippen LogP contribution in [0.4, 0.5) is 0 Å². The van der Waals surface area contributed by atoms with E-state index in [0.29, 0.717) is 5.56 Å². The Balaban J connectivity index is 2.39. The Labute approximate surface area is 103 Å². The smallest absolute Gasteiger partial charge is 0.338 e. The molecule has 0 bridgehead atoms. The summed E-state index contributed by atoms with van der Waals surface area (Å²) in [6, 6.07) is 7.54. The summed E-state index contributed by atoms with van der Waals surface area (Å²) in [5.41, 5.74) is 1.59. The van der Waals surface area contributed by atoms with Gasteiger partial charge in [0, 0.05) is 0 Å². The van der Waals surface area contributed by atoms with E-state index in [4.69, 9.17) is 9.16 Å². The van der Waals surface area contributed by atoms with Crippen LogP contribution in [0.3, 0.4) is 0 Å². The number of benzene rings is 1. The predicted molar refractivity (Wildman–Crippen MR) is 68.5 cm³/mol. The van der Waals surface area contributed by atoms with Gasteiger partial charge in [-0.1, -0.05) is 18.2 Å². The third-order valence-electron chi connectivity index (χ3n) is 2.69. The van der Waals surface area contributed by atoms with E-state index in [2.05, 4.69) is 19.6 Å². The predicted octanol–water partition coefficient (Wildman–Crippen LogP) is 3.14. The summed E-state index contributed by atoms with van der Waals surface area (Å²) in [6.45, 7) is 8.30. The van der Waals surface area contributed by atoms with Crippen LogP contribution >= 0.6 is 0 Å². The van der Waals surface area contributed by atoms with Crippen LogP contribution in [0.25, 0.3) is 0 Å². The summed E-state index contributed by atoms with van der Waals surface area (Å²) in [5, 5.41) is 0. The topological polar surface area (TPSA) is 35.5 Å². The van der Waals surface area contributed by atoms with Crippen molar-refractivity contribution in [3.8, 4) is 0 Å². The van der Waals surface area contributed by atoms with Gasteiger partial charge in [-0.25, -0.2) is 4.79 Å². The number of carbonyl (C=O) groups excluding carboxylic acids is 1. The number of carbonyl (C=O) groups is 1. The van der Waals surface area contributed by atoms with E-state index in [-0.39, 0.29) is 18.2 Å². The largest absolute Gasteiger partial charge is 0.456 e. The summed E-state index contributed by atoms with van der Waals surface area (Å²) < 4.78 is 11.5. The molecule has 0 aliphatic carbocycles. The third-order valence-corrected chi connectivity index (χ3v) is 3.65. The van der Waals surface area contributed by atoms with Gasteiger partial charge in [0.15, 0.2) is 8.32 Å². The fourth-order valence-electron chi connectivity index (χ4n) is 2.02. The molecular weight excluding hydrogens is 232 g/mol. The molecule has 2 atom stereocenters. The summed E-state index contributed by atoms with van der Waals surface area (Å²) in [7, 11) is -1.67. The molecular formula is C13H18O3Si. The monoisotopic (exact) mass is 250 g/mol. The van der Waals surface area contributed by atoms with Gasteiger partial charge in [-0.15, -0.1) is 0 Å². The number of cyclic esters (lactones) is 1. The lowest BCUT2D eigenvalue weighted by molar-refractivity contribution is -0.0148. The van der Waals surface area contributed by atoms with Gasteiger partial charge in [0.1, 0.15) is 12.2 Å². The maximum absolute atomic E-state index is 11.7. The lowest BCUT2D eigenvalue weighted by Crippen LogP contribution is -2.38. The first-order valence-corrected chi connectivity index (χ1v) is 9.27. The zero-order valence-corrected chi connectivity index (χ0v) is 11.7. The SMILES string of the molecule is C[C@@H]1OC(=O)c2ccccc2[C@@H]1O[Si](C)(C)C. The number of ether oxygens (including phenoxy) is 1. The first kappa shape index (κ1) is 12.3. The normalized spacial score (nSPS) is 24.1. The molecule has 0 N–H and O–H groups in total. The van der Waals surface area contributed by atoms with Crippen molar-refractivity contribution in [1.29, 1.82) is 0 Å². The third kappa shape index (κ3) is 2.58. The number of fused-ring (bicyclic) bond motifs is 1. The molecule has 0 fully saturated rings. The van der Waals surface area contributed by atoms with E-state index in [1.807, 2.05) is 25.1 Å². The van der Waals surface area contributed by atoms with Crippen LogP contribution in [0, 0.1) is 0 Å². The average Bonchev–Trinajstić information content (AvgIpc) is 2.23. The van der Waals surface area contributed by atoms with Crippen molar-refractivity contribution in [1.82, 2.24) is 0 Å². The van der Waals surface area contributed by atoms with Gasteiger partial charge in [-0.3, -0.25) is 0 Å². The van der Waals surface area contributed by atoms with E-state index in [9.17, 15) is 4.79 Å². The first-order valence-electron chi connectivity index (χ1n) is 5.86. The van der Waals surface area contributed by atoms with E-state index in [0.717, 1.165) is 5.56 Å². The highest BCUT2D eigenvalue weighted by Crippen LogP contribution is 2.34. The number of hydrogen-bond acceptors (Lipinski definition) is 3. The fraction of sp³-hybridized carbons (Fsp3) is 0.462. The molecule has 0 spiro atoms. The molecule has 0 radical (unpaired) electrons. The standard InChI is InChI=1S/C13H18O3Si/c1-9-12(16-17(2,3)4)10-7-5-6-8-11(10)13(14)15-9/h5-9,12H,1-4H3/t9-,12+/m0/s1. The van der Waals surface area contributed by atoms with Crippen LogP contribution in [0.1, 0.15) is 28.9 Å². The Morgan fingerprint density at radius 2 is 1.88 bits per heavy atom. The maximum atomic E-state index is 11.7. The van der Waals surface area contributed by atoms with Crippen molar-refractivity contribution < 1.29 is 14.0 Å². The average molecular weight is 250 g/mol. The first-order chi connectivity index (χ1) is 7.88. The van der Waals surface area contributed by atoms with Crippen LogP contribution < -0.4 is 0 Å². The van der Waals surface area contributed by atoms with Gasteiger partial charge in [0.25, 0.3) is 0 Å². The Kier molecular flexibility index (Phi) is 3.10. The maximum Gasteiger partial charge on any atom is 0.338 e. The lowest BCUT2D eigenvalue weighted by Gasteiger charge is -2.35. The molecule has 0 amide bonds. The molecule has 0 saturated heterocycles. The van der Waals surface area contributed by atoms with Gasteiger partial charge in [0.05, 0.1) is 5.56 Å². The molecule has 92 valence electrons. The van der Waals surface area contributed by atoms with Gasteiger partial charge in [-0.2, -0.15) is 0 Å². The van der Waals surface area contributed by atoms with Crippen molar-refractivity contribution in [2.45, 2.75) is 38.8 Å². The summed E-state index contributed by atoms with van der Waals surface area (Å²) in [4.78, 5) is 11.7. The quantitative estimate of drug-likeness (QED) is 0.597. The van der Waals surface area contributed by atoms with E-state index < -0.39 is 8.32 Å². The zero-order valence-electron chi connectivity index (χ0n) is 10.7. The summed E-state index contributed by atoms with van der Waals surface area (Å²) in [5.74, 6) is -0.247. The molecule has 0 unspecified atom stereocenters. The van der Waals surface area contributed by atoms with Crippen LogP contribution in [-0.4, -0.2) is 20.4 Å². The minimum Gasteiger partial charge on any atom is -0.456 e. The molecule has 17 heavy (non-hydrogen) atoms. The van der Waals surface area contributed by atoms with Crippen molar-refractivity contribution >= 4 is 14.3 Å². The molecule has 2 rings (SSSR count). The highest BCUT2D eigenvalue weighted by molar-refractivity contribution is 6.69. The minimum absolute atomic E-state index is 0.129. The van der Waals surface area contributed by atoms with Crippen molar-refractivity contribution in [3.05, 3.63) is 35.4 Å². The van der Waals surface area contributed by atoms with E-state index in [1.54, 1.807) is 6.07 Å². The van der Waals surface area contributed by atoms with Crippen LogP contribution in [0.2, 0.25) is 19.6 Å². The molecule has 0 saturated carbocycles. The van der Waals surface area contributed by atoms with Gasteiger partial charge in [-0.05, 0) is 38.2 Å². The van der Waals surface area contributed by atoms with Crippen LogP contribution in [0.15, 0.2) is 24.3 Å². The Hall–Kier alpha value is -1.13. The van der Waals surface area contributed by atoms with Crippen molar-refractivity contribution in [3.63, 3.8) is 0 Å². The highest BCUT2D eigenvalue weighted by Gasteiger charge is 2.35. The minimum atomic E-state index is -1.67. The van der Waals surface area contributed by atoms with Gasteiger partial charge in [0.2, 0.25) is 0 Å². The number of rotatable bonds is 2. The molecule has 1 heterocycles. The fourth-order valence-corrected chi connectivity index (χ4v) is 3.10. The number of esters is 1. The van der Waals surface area contributed by atoms with Crippen LogP contribution in [0.5, 0.6) is 0 Å². The Morgan fingerprint density at radius 3 is 2.53 bits per heavy atom. The second kappa shape index (κ2) is 4.27. The van der Waals surface area contributed by atoms with Gasteiger partial charge < -0.3 is 9.16 Å². The zero-order chi connectivity index (χ0) is 12.6. The molecule has 3 nitrogen and oxygen atoms in total. The summed E-state index contributed by atoms with van der Waals surface area (Å²) in [6.07, 6.45) is -0.348. The Bertz CT molecular complexity index is 437. The van der Waals surface area contributed by atoms with Crippen molar-refractivity contribution in [2.24, 2.45) is 0 Å². The van der Waals surface area contributed by atoms with Gasteiger partial charge >= 0.3 is 5.97 Å². The molecule has 1 aliphatic rings. The van der Waals surface area contributed by atoms with E-state index in [1.165, 1.54) is 0 Å². The molecule has 1 aliphatic heterocycles. The van der Waals surface area contributed by atoms with Crippen molar-refractivity contribution in [2.75, 3.05) is 0 Å². The summed E-state index contributed by atoms with van der Waals surface area (Å²) >= 11 is 0.